The molecule has 108 valence electrons. The molecule has 1 N–H and O–H groups in total. The molecule has 0 aromatic heterocycles. The Kier molecular flexibility index (Phi) is 3.84. The first-order chi connectivity index (χ1) is 9.90. The molecule has 1 aromatic rings. The summed E-state index contributed by atoms with van der Waals surface area (Å²) in [6.45, 7) is 1.01. The van der Waals surface area contributed by atoms with E-state index in [0.717, 1.165) is 18.5 Å². The van der Waals surface area contributed by atoms with Gasteiger partial charge in [-0.2, -0.15) is 0 Å². The van der Waals surface area contributed by atoms with E-state index in [2.05, 4.69) is 44.8 Å². The zero-order chi connectivity index (χ0) is 13.4. The van der Waals surface area contributed by atoms with Gasteiger partial charge in [-0.1, -0.05) is 0 Å². The molecule has 2 nitrogen and oxygen atoms in total. The molecule has 1 aliphatic carbocycles. The molecular formula is C17H22IN2-. The summed E-state index contributed by atoms with van der Waals surface area (Å²) < 4.78 is 4.21. The number of alkyl halides is 1. The maximum absolute atomic E-state index is 3.48. The van der Waals surface area contributed by atoms with Crippen LogP contribution in [0.5, 0.6) is 0 Å². The second kappa shape index (κ2) is 5.78. The summed E-state index contributed by atoms with van der Waals surface area (Å²) in [5.41, 5.74) is 2.97. The molecule has 3 heteroatoms. The Labute approximate surface area is 132 Å². The first kappa shape index (κ1) is 13.3. The quantitative estimate of drug-likeness (QED) is 0.201. The number of benzene rings is 1. The van der Waals surface area contributed by atoms with Gasteiger partial charge in [0.1, 0.15) is 0 Å². The standard InChI is InChI=1S/C17H22IN2/c1-2-17(19-11-1)15-5-3-13(4-6-15)14-7-9-16(10-8-14)20-12-18-20/h1-6,14,16-17,19H,7-12H2/q-1. The molecule has 1 saturated carbocycles. The van der Waals surface area contributed by atoms with Crippen LogP contribution in [-0.4, -0.2) is 20.3 Å². The summed E-state index contributed by atoms with van der Waals surface area (Å²) >= 11 is 0.489. The third-order valence-corrected chi connectivity index (χ3v) is 7.16. The van der Waals surface area contributed by atoms with Crippen LogP contribution in [0.15, 0.2) is 36.4 Å². The Bertz CT molecular complexity index is 484. The molecule has 0 spiro atoms. The molecule has 3 aliphatic rings. The van der Waals surface area contributed by atoms with Gasteiger partial charge in [-0.05, 0) is 0 Å². The summed E-state index contributed by atoms with van der Waals surface area (Å²) in [7, 11) is 0. The Morgan fingerprint density at radius 3 is 2.30 bits per heavy atom. The van der Waals surface area contributed by atoms with Gasteiger partial charge in [0.25, 0.3) is 0 Å². The fraction of sp³-hybridized carbons (Fsp3) is 0.529. The molecule has 2 unspecified atom stereocenters. The van der Waals surface area contributed by atoms with Crippen LogP contribution in [-0.2, 0) is 0 Å². The van der Waals surface area contributed by atoms with Gasteiger partial charge in [0.15, 0.2) is 0 Å². The maximum atomic E-state index is 3.48. The monoisotopic (exact) mass is 381 g/mol. The zero-order valence-electron chi connectivity index (χ0n) is 11.8. The van der Waals surface area contributed by atoms with E-state index in [1.807, 2.05) is 0 Å². The van der Waals surface area contributed by atoms with E-state index in [1.54, 1.807) is 5.56 Å². The third-order valence-electron chi connectivity index (χ3n) is 4.90. The predicted octanol–water partition coefficient (Wildman–Crippen LogP) is 0.190. The number of nitrogens with one attached hydrogen (secondary N) is 1. The van der Waals surface area contributed by atoms with Gasteiger partial charge in [0, 0.05) is 0 Å². The molecule has 20 heavy (non-hydrogen) atoms. The van der Waals surface area contributed by atoms with E-state index in [-0.39, 0.29) is 0 Å². The van der Waals surface area contributed by atoms with E-state index in [0.29, 0.717) is 27.5 Å². The van der Waals surface area contributed by atoms with Crippen molar-refractivity contribution < 1.29 is 21.5 Å². The van der Waals surface area contributed by atoms with Crippen LogP contribution in [0.2, 0.25) is 0 Å². The molecule has 0 amide bonds. The molecule has 2 heterocycles. The summed E-state index contributed by atoms with van der Waals surface area (Å²) in [6.07, 6.45) is 10.1. The minimum absolute atomic E-state index is 0.436. The van der Waals surface area contributed by atoms with E-state index in [1.165, 1.54) is 35.8 Å². The van der Waals surface area contributed by atoms with Crippen molar-refractivity contribution in [3.8, 4) is 0 Å². The van der Waals surface area contributed by atoms with Gasteiger partial charge in [-0.3, -0.25) is 0 Å². The summed E-state index contributed by atoms with van der Waals surface area (Å²) in [5, 5.41) is 3.48. The van der Waals surface area contributed by atoms with Crippen LogP contribution >= 0.6 is 0 Å². The molecule has 2 fully saturated rings. The summed E-state index contributed by atoms with van der Waals surface area (Å²) in [6, 6.07) is 10.8. The fourth-order valence-electron chi connectivity index (χ4n) is 3.59. The van der Waals surface area contributed by atoms with Gasteiger partial charge in [0.05, 0.1) is 0 Å². The van der Waals surface area contributed by atoms with Crippen LogP contribution in [0.4, 0.5) is 0 Å². The predicted molar refractivity (Wildman–Crippen MR) is 78.0 cm³/mol. The van der Waals surface area contributed by atoms with E-state index in [4.69, 9.17) is 0 Å². The van der Waals surface area contributed by atoms with Gasteiger partial charge < -0.3 is 0 Å². The number of hydrogen-bond acceptors (Lipinski definition) is 2. The number of halogens is 1. The molecule has 1 saturated heterocycles. The van der Waals surface area contributed by atoms with Gasteiger partial charge in [-0.15, -0.1) is 0 Å². The molecule has 2 aliphatic heterocycles. The average Bonchev–Trinajstić information content (AvgIpc) is 3.22. The Morgan fingerprint density at radius 2 is 1.70 bits per heavy atom. The van der Waals surface area contributed by atoms with E-state index in [9.17, 15) is 0 Å². The molecule has 0 radical (unpaired) electrons. The molecular weight excluding hydrogens is 359 g/mol. The van der Waals surface area contributed by atoms with E-state index < -0.39 is 0 Å². The zero-order valence-corrected chi connectivity index (χ0v) is 13.9. The number of rotatable bonds is 3. The molecule has 2 atom stereocenters. The van der Waals surface area contributed by atoms with Gasteiger partial charge in [-0.25, -0.2) is 0 Å². The van der Waals surface area contributed by atoms with Gasteiger partial charge >= 0.3 is 132 Å². The van der Waals surface area contributed by atoms with Crippen LogP contribution in [0, 0.1) is 0 Å². The Hall–Kier alpha value is -0.390. The second-order valence-corrected chi connectivity index (χ2v) is 8.73. The van der Waals surface area contributed by atoms with Crippen LogP contribution in [0.1, 0.15) is 48.8 Å². The van der Waals surface area contributed by atoms with Crippen LogP contribution in [0.25, 0.3) is 0 Å². The van der Waals surface area contributed by atoms with Crippen LogP contribution < -0.4 is 26.8 Å². The van der Waals surface area contributed by atoms with Crippen molar-refractivity contribution in [3.05, 3.63) is 47.5 Å². The Morgan fingerprint density at radius 1 is 1.00 bits per heavy atom. The number of hydrogen-bond donors (Lipinski definition) is 1. The normalized spacial score (nSPS) is 36.6. The van der Waals surface area contributed by atoms with Crippen molar-refractivity contribution in [1.82, 2.24) is 8.43 Å². The Balaban J connectivity index is 1.39. The van der Waals surface area contributed by atoms with Crippen molar-refractivity contribution in [1.29, 1.82) is 0 Å². The van der Waals surface area contributed by atoms with Crippen molar-refractivity contribution in [2.24, 2.45) is 0 Å². The summed E-state index contributed by atoms with van der Waals surface area (Å²) in [5.74, 6) is 0.811. The van der Waals surface area contributed by atoms with Crippen molar-refractivity contribution in [2.75, 3.05) is 11.1 Å². The van der Waals surface area contributed by atoms with Crippen molar-refractivity contribution in [2.45, 2.75) is 43.7 Å². The SMILES string of the molecule is C1=CC(c2ccc(C3CCC(N4C[I-]4)CC3)cc2)NC1. The minimum atomic E-state index is 0.436. The third kappa shape index (κ3) is 2.81. The van der Waals surface area contributed by atoms with Crippen molar-refractivity contribution >= 4 is 0 Å². The molecule has 4 rings (SSSR count). The fourth-order valence-corrected chi connectivity index (χ4v) is 5.43. The van der Waals surface area contributed by atoms with E-state index >= 15 is 0 Å². The first-order valence-corrected chi connectivity index (χ1v) is 10.3. The topological polar surface area (TPSA) is 15.0 Å². The first-order valence-electron chi connectivity index (χ1n) is 7.76. The molecule has 0 bridgehead atoms. The summed E-state index contributed by atoms with van der Waals surface area (Å²) in [4.78, 5) is 0. The average molecular weight is 381 g/mol. The number of nitrogens with zero attached hydrogens (tertiary/aromatic N) is 1. The van der Waals surface area contributed by atoms with Gasteiger partial charge in [0.2, 0.25) is 0 Å². The van der Waals surface area contributed by atoms with Crippen molar-refractivity contribution in [3.63, 3.8) is 0 Å². The molecule has 1 aromatic carbocycles. The second-order valence-electron chi connectivity index (χ2n) is 6.12. The van der Waals surface area contributed by atoms with Crippen LogP contribution in [0.3, 0.4) is 0 Å².